The highest BCUT2D eigenvalue weighted by molar-refractivity contribution is 5.73. The maximum atomic E-state index is 11.3. The minimum Gasteiger partial charge on any atom is -0.481 e. The average Bonchev–Trinajstić information content (AvgIpc) is 2.21. The molecule has 86 valence electrons. The summed E-state index contributed by atoms with van der Waals surface area (Å²) in [6.45, 7) is 1.94. The molecular weight excluding hydrogens is 208 g/mol. The molecule has 1 aromatic carbocycles. The number of rotatable bonds is 5. The van der Waals surface area contributed by atoms with Crippen molar-refractivity contribution in [2.75, 3.05) is 0 Å². The summed E-state index contributed by atoms with van der Waals surface area (Å²) < 4.78 is 5.02. The highest BCUT2D eigenvalue weighted by Gasteiger charge is 2.06. The van der Waals surface area contributed by atoms with Gasteiger partial charge in [0, 0.05) is 12.8 Å². The van der Waals surface area contributed by atoms with Crippen LogP contribution in [0.5, 0.6) is 5.75 Å². The summed E-state index contributed by atoms with van der Waals surface area (Å²) in [5.74, 6) is -0.806. The third kappa shape index (κ3) is 4.59. The van der Waals surface area contributed by atoms with Gasteiger partial charge in [-0.1, -0.05) is 17.7 Å². The Kier molecular flexibility index (Phi) is 4.51. The van der Waals surface area contributed by atoms with Crippen LogP contribution in [0, 0.1) is 6.92 Å². The topological polar surface area (TPSA) is 63.6 Å². The van der Waals surface area contributed by atoms with Gasteiger partial charge in [0.1, 0.15) is 5.75 Å². The predicted molar refractivity (Wildman–Crippen MR) is 58.3 cm³/mol. The lowest BCUT2D eigenvalue weighted by Crippen LogP contribution is -2.08. The molecule has 0 aliphatic rings. The van der Waals surface area contributed by atoms with Crippen LogP contribution >= 0.6 is 0 Å². The van der Waals surface area contributed by atoms with Crippen LogP contribution in [0.1, 0.15) is 24.8 Å². The molecule has 0 atom stereocenters. The summed E-state index contributed by atoms with van der Waals surface area (Å²) in [4.78, 5) is 21.5. The van der Waals surface area contributed by atoms with Gasteiger partial charge >= 0.3 is 11.9 Å². The van der Waals surface area contributed by atoms with E-state index in [2.05, 4.69) is 0 Å². The van der Waals surface area contributed by atoms with Crippen LogP contribution in [0.4, 0.5) is 0 Å². The number of carbonyl (C=O) groups excluding carboxylic acids is 1. The van der Waals surface area contributed by atoms with Crippen LogP contribution in [0.15, 0.2) is 24.3 Å². The molecule has 0 radical (unpaired) electrons. The van der Waals surface area contributed by atoms with Gasteiger partial charge in [0.25, 0.3) is 0 Å². The molecule has 1 rings (SSSR count). The monoisotopic (exact) mass is 222 g/mol. The van der Waals surface area contributed by atoms with E-state index < -0.39 is 11.9 Å². The number of aryl methyl sites for hydroxylation is 1. The first-order chi connectivity index (χ1) is 7.58. The van der Waals surface area contributed by atoms with Crippen molar-refractivity contribution in [3.8, 4) is 5.75 Å². The Bertz CT molecular complexity index is 367. The molecule has 1 N–H and O–H groups in total. The fraction of sp³-hybridized carbons (Fsp3) is 0.333. The van der Waals surface area contributed by atoms with Gasteiger partial charge in [-0.05, 0) is 25.5 Å². The summed E-state index contributed by atoms with van der Waals surface area (Å²) >= 11 is 0. The number of benzene rings is 1. The molecule has 0 amide bonds. The minimum absolute atomic E-state index is 0.0109. The predicted octanol–water partition coefficient (Wildman–Crippen LogP) is 2.16. The SMILES string of the molecule is Cc1ccc(OC(=O)CCCC(=O)O)cc1. The Balaban J connectivity index is 2.34. The van der Waals surface area contributed by atoms with Crippen molar-refractivity contribution in [2.45, 2.75) is 26.2 Å². The second-order valence-electron chi connectivity index (χ2n) is 3.53. The van der Waals surface area contributed by atoms with Gasteiger partial charge in [-0.2, -0.15) is 0 Å². The van der Waals surface area contributed by atoms with Gasteiger partial charge in [-0.3, -0.25) is 9.59 Å². The third-order valence-electron chi connectivity index (χ3n) is 2.02. The van der Waals surface area contributed by atoms with Crippen molar-refractivity contribution < 1.29 is 19.4 Å². The number of hydrogen-bond donors (Lipinski definition) is 1. The van der Waals surface area contributed by atoms with Crippen molar-refractivity contribution in [2.24, 2.45) is 0 Å². The van der Waals surface area contributed by atoms with E-state index in [4.69, 9.17) is 9.84 Å². The molecule has 0 heterocycles. The van der Waals surface area contributed by atoms with Crippen molar-refractivity contribution in [1.82, 2.24) is 0 Å². The summed E-state index contributed by atoms with van der Waals surface area (Å²) in [7, 11) is 0. The highest BCUT2D eigenvalue weighted by atomic mass is 16.5. The molecule has 16 heavy (non-hydrogen) atoms. The molecule has 0 bridgehead atoms. The van der Waals surface area contributed by atoms with E-state index in [1.165, 1.54) is 0 Å². The first-order valence-corrected chi connectivity index (χ1v) is 5.07. The van der Waals surface area contributed by atoms with E-state index in [0.717, 1.165) is 5.56 Å². The zero-order valence-corrected chi connectivity index (χ0v) is 9.10. The molecule has 4 nitrogen and oxygen atoms in total. The molecule has 0 aliphatic heterocycles. The number of aliphatic carboxylic acids is 1. The number of hydrogen-bond acceptors (Lipinski definition) is 3. The normalized spacial score (nSPS) is 9.81. The molecule has 0 spiro atoms. The van der Waals surface area contributed by atoms with Gasteiger partial charge in [-0.25, -0.2) is 0 Å². The lowest BCUT2D eigenvalue weighted by molar-refractivity contribution is -0.137. The number of carboxylic acids is 1. The minimum atomic E-state index is -0.900. The Labute approximate surface area is 93.9 Å². The van der Waals surface area contributed by atoms with Crippen molar-refractivity contribution >= 4 is 11.9 Å². The zero-order chi connectivity index (χ0) is 12.0. The molecule has 0 aliphatic carbocycles. The Morgan fingerprint density at radius 2 is 1.81 bits per heavy atom. The molecule has 0 saturated carbocycles. The van der Waals surface area contributed by atoms with E-state index in [1.54, 1.807) is 12.1 Å². The summed E-state index contributed by atoms with van der Waals surface area (Å²) in [6, 6.07) is 7.12. The smallest absolute Gasteiger partial charge is 0.311 e. The van der Waals surface area contributed by atoms with Gasteiger partial charge in [-0.15, -0.1) is 0 Å². The quantitative estimate of drug-likeness (QED) is 0.612. The molecule has 4 heteroatoms. The lowest BCUT2D eigenvalue weighted by atomic mass is 10.2. The second-order valence-corrected chi connectivity index (χ2v) is 3.53. The van der Waals surface area contributed by atoms with Crippen LogP contribution < -0.4 is 4.74 Å². The van der Waals surface area contributed by atoms with Gasteiger partial charge in [0.2, 0.25) is 0 Å². The summed E-state index contributed by atoms with van der Waals surface area (Å²) in [5.41, 5.74) is 1.09. The summed E-state index contributed by atoms with van der Waals surface area (Å²) in [5, 5.41) is 8.39. The molecule has 0 aromatic heterocycles. The van der Waals surface area contributed by atoms with Gasteiger partial charge < -0.3 is 9.84 Å². The summed E-state index contributed by atoms with van der Waals surface area (Å²) in [6.07, 6.45) is 0.420. The molecular formula is C12H14O4. The Morgan fingerprint density at radius 3 is 2.38 bits per heavy atom. The molecule has 0 unspecified atom stereocenters. The standard InChI is InChI=1S/C12H14O4/c1-9-5-7-10(8-6-9)16-12(15)4-2-3-11(13)14/h5-8H,2-4H2,1H3,(H,13,14). The first-order valence-electron chi connectivity index (χ1n) is 5.07. The number of esters is 1. The largest absolute Gasteiger partial charge is 0.481 e. The molecule has 1 aromatic rings. The average molecular weight is 222 g/mol. The van der Waals surface area contributed by atoms with Crippen LogP contribution in [-0.2, 0) is 9.59 Å². The van der Waals surface area contributed by atoms with Crippen molar-refractivity contribution in [3.63, 3.8) is 0 Å². The Morgan fingerprint density at radius 1 is 1.19 bits per heavy atom. The maximum Gasteiger partial charge on any atom is 0.311 e. The first kappa shape index (κ1) is 12.2. The van der Waals surface area contributed by atoms with E-state index in [0.29, 0.717) is 12.2 Å². The zero-order valence-electron chi connectivity index (χ0n) is 9.10. The molecule has 0 saturated heterocycles. The van der Waals surface area contributed by atoms with Crippen LogP contribution in [0.25, 0.3) is 0 Å². The lowest BCUT2D eigenvalue weighted by Gasteiger charge is -2.03. The van der Waals surface area contributed by atoms with E-state index in [9.17, 15) is 9.59 Å². The van der Waals surface area contributed by atoms with Gasteiger partial charge in [0.05, 0.1) is 0 Å². The second kappa shape index (κ2) is 5.90. The highest BCUT2D eigenvalue weighted by Crippen LogP contribution is 2.12. The van der Waals surface area contributed by atoms with E-state index in [1.807, 2.05) is 19.1 Å². The number of carbonyl (C=O) groups is 2. The third-order valence-corrected chi connectivity index (χ3v) is 2.02. The van der Waals surface area contributed by atoms with Crippen molar-refractivity contribution in [3.05, 3.63) is 29.8 Å². The fourth-order valence-electron chi connectivity index (χ4n) is 1.17. The maximum absolute atomic E-state index is 11.3. The Hall–Kier alpha value is -1.84. The van der Waals surface area contributed by atoms with Crippen LogP contribution in [-0.4, -0.2) is 17.0 Å². The van der Waals surface area contributed by atoms with Crippen LogP contribution in [0.3, 0.4) is 0 Å². The number of carboxylic acid groups (broad SMARTS) is 1. The van der Waals surface area contributed by atoms with Crippen molar-refractivity contribution in [1.29, 1.82) is 0 Å². The van der Waals surface area contributed by atoms with Crippen LogP contribution in [0.2, 0.25) is 0 Å². The van der Waals surface area contributed by atoms with E-state index >= 15 is 0 Å². The fourth-order valence-corrected chi connectivity index (χ4v) is 1.17. The van der Waals surface area contributed by atoms with E-state index in [-0.39, 0.29) is 12.8 Å². The molecule has 0 fully saturated rings. The number of ether oxygens (including phenoxy) is 1. The van der Waals surface area contributed by atoms with Gasteiger partial charge in [0.15, 0.2) is 0 Å².